The van der Waals surface area contributed by atoms with Gasteiger partial charge in [-0.2, -0.15) is 0 Å². The van der Waals surface area contributed by atoms with Gasteiger partial charge in [-0.3, -0.25) is 9.59 Å². The van der Waals surface area contributed by atoms with Gasteiger partial charge in [0.1, 0.15) is 6.61 Å². The van der Waals surface area contributed by atoms with Gasteiger partial charge in [-0.15, -0.1) is 0 Å². The molecule has 0 aromatic rings. The maximum absolute atomic E-state index is 12.4. The minimum absolute atomic E-state index is 0.0437. The first-order valence-electron chi connectivity index (χ1n) is 10.1. The lowest BCUT2D eigenvalue weighted by Gasteiger charge is -2.58. The van der Waals surface area contributed by atoms with Gasteiger partial charge < -0.3 is 14.9 Å². The first-order chi connectivity index (χ1) is 12.4. The molecule has 0 radical (unpaired) electrons. The van der Waals surface area contributed by atoms with E-state index in [1.165, 1.54) is 0 Å². The van der Waals surface area contributed by atoms with Crippen LogP contribution in [-0.4, -0.2) is 40.3 Å². The molecule has 5 aliphatic rings. The number of aliphatic hydroxyl groups is 2. The number of Topliss-reactive ketones (excluding diaryl/α,β-unsaturated/α-hetero) is 1. The van der Waals surface area contributed by atoms with Gasteiger partial charge in [-0.1, -0.05) is 12.5 Å². The third-order valence-electron chi connectivity index (χ3n) is 8.93. The Balaban J connectivity index is 1.59. The van der Waals surface area contributed by atoms with Gasteiger partial charge >= 0.3 is 0 Å². The second-order valence-corrected chi connectivity index (χ2v) is 9.51. The number of ketones is 2. The highest BCUT2D eigenvalue weighted by molar-refractivity contribution is 5.91. The van der Waals surface area contributed by atoms with Gasteiger partial charge in [0.05, 0.1) is 5.60 Å². The van der Waals surface area contributed by atoms with Crippen LogP contribution in [0.2, 0.25) is 0 Å². The molecule has 5 nitrogen and oxygen atoms in total. The van der Waals surface area contributed by atoms with E-state index in [0.717, 1.165) is 44.1 Å². The average molecular weight is 360 g/mol. The molecule has 2 N–H and O–H groups in total. The maximum Gasteiger partial charge on any atom is 0.165 e. The summed E-state index contributed by atoms with van der Waals surface area (Å²) in [6.45, 7) is 1.82. The van der Waals surface area contributed by atoms with Crippen LogP contribution in [0.25, 0.3) is 0 Å². The van der Waals surface area contributed by atoms with Crippen molar-refractivity contribution in [1.82, 2.24) is 0 Å². The minimum Gasteiger partial charge on any atom is -0.389 e. The molecule has 4 fully saturated rings. The van der Waals surface area contributed by atoms with Crippen molar-refractivity contribution in [3.63, 3.8) is 0 Å². The maximum atomic E-state index is 12.4. The van der Waals surface area contributed by atoms with Crippen molar-refractivity contribution < 1.29 is 24.5 Å². The van der Waals surface area contributed by atoms with Crippen LogP contribution in [0, 0.1) is 28.6 Å². The molecule has 0 aromatic carbocycles. The van der Waals surface area contributed by atoms with E-state index in [9.17, 15) is 19.8 Å². The molecule has 142 valence electrons. The molecule has 0 unspecified atom stereocenters. The topological polar surface area (TPSA) is 83.8 Å². The van der Waals surface area contributed by atoms with Crippen LogP contribution in [0.15, 0.2) is 11.6 Å². The highest BCUT2D eigenvalue weighted by Crippen LogP contribution is 2.73. The Kier molecular flexibility index (Phi) is 3.46. The summed E-state index contributed by atoms with van der Waals surface area (Å²) in [5.74, 6) is 0.502. The van der Waals surface area contributed by atoms with E-state index in [4.69, 9.17) is 4.74 Å². The summed E-state index contributed by atoms with van der Waals surface area (Å²) in [5, 5.41) is 20.5. The first-order valence-corrected chi connectivity index (χ1v) is 10.1. The number of hydrogen-bond donors (Lipinski definition) is 2. The quantitative estimate of drug-likeness (QED) is 0.788. The fourth-order valence-electron chi connectivity index (χ4n) is 7.92. The number of ether oxygens (including phenoxy) is 1. The summed E-state index contributed by atoms with van der Waals surface area (Å²) in [6.07, 6.45) is 7.34. The summed E-state index contributed by atoms with van der Waals surface area (Å²) in [7, 11) is 0. The largest absolute Gasteiger partial charge is 0.389 e. The van der Waals surface area contributed by atoms with Gasteiger partial charge in [-0.05, 0) is 62.4 Å². The van der Waals surface area contributed by atoms with E-state index in [2.05, 4.69) is 6.92 Å². The second-order valence-electron chi connectivity index (χ2n) is 9.51. The van der Waals surface area contributed by atoms with Crippen molar-refractivity contribution >= 4 is 11.6 Å². The van der Waals surface area contributed by atoms with Crippen molar-refractivity contribution in [2.75, 3.05) is 6.61 Å². The highest BCUT2D eigenvalue weighted by Gasteiger charge is 2.74. The number of hydrogen-bond acceptors (Lipinski definition) is 5. The van der Waals surface area contributed by atoms with Crippen LogP contribution < -0.4 is 0 Å². The molecule has 0 aromatic heterocycles. The van der Waals surface area contributed by atoms with Gasteiger partial charge in [0.25, 0.3) is 0 Å². The Morgan fingerprint density at radius 2 is 2.00 bits per heavy atom. The number of aliphatic hydroxyl groups excluding tert-OH is 2. The summed E-state index contributed by atoms with van der Waals surface area (Å²) >= 11 is 0. The van der Waals surface area contributed by atoms with Crippen molar-refractivity contribution in [3.8, 4) is 0 Å². The number of carbonyl (C=O) groups is 2. The predicted octanol–water partition coefficient (Wildman–Crippen LogP) is 2.15. The van der Waals surface area contributed by atoms with Gasteiger partial charge in [0.2, 0.25) is 0 Å². The standard InChI is InChI=1S/C21H28O5/c1-19-7-6-17-20-8-5-13(23)10-12(20)4-9-21(17,26-18(20)25)16(19)3-2-14(19)15(24)11-22/h10,14,16-18,22,25H,2-9,11H2,1H3/t14-,16-,17-,18+,19-,20-,21-/m0/s1. The van der Waals surface area contributed by atoms with Crippen LogP contribution in [0.4, 0.5) is 0 Å². The lowest BCUT2D eigenvalue weighted by Crippen LogP contribution is -2.59. The number of fused-ring (bicyclic) bond motifs is 1. The lowest BCUT2D eigenvalue weighted by atomic mass is 9.45. The molecule has 5 heteroatoms. The fraction of sp³-hybridized carbons (Fsp3) is 0.810. The molecule has 1 aliphatic heterocycles. The van der Waals surface area contributed by atoms with Crippen LogP contribution in [0.3, 0.4) is 0 Å². The van der Waals surface area contributed by atoms with E-state index in [0.29, 0.717) is 12.8 Å². The molecule has 0 amide bonds. The zero-order valence-corrected chi connectivity index (χ0v) is 15.4. The van der Waals surface area contributed by atoms with Crippen molar-refractivity contribution in [3.05, 3.63) is 11.6 Å². The number of rotatable bonds is 2. The summed E-state index contributed by atoms with van der Waals surface area (Å²) in [4.78, 5) is 24.4. The van der Waals surface area contributed by atoms with E-state index >= 15 is 0 Å². The van der Waals surface area contributed by atoms with Crippen LogP contribution in [-0.2, 0) is 14.3 Å². The molecule has 5 rings (SSSR count). The second kappa shape index (κ2) is 5.27. The minimum atomic E-state index is -0.843. The zero-order chi connectivity index (χ0) is 18.3. The molecule has 2 bridgehead atoms. The fourth-order valence-corrected chi connectivity index (χ4v) is 7.92. The predicted molar refractivity (Wildman–Crippen MR) is 93.0 cm³/mol. The van der Waals surface area contributed by atoms with Crippen LogP contribution in [0.1, 0.15) is 58.3 Å². The van der Waals surface area contributed by atoms with E-state index in [-0.39, 0.29) is 46.9 Å². The Hall–Kier alpha value is -1.04. The van der Waals surface area contributed by atoms with Gasteiger partial charge in [0, 0.05) is 23.7 Å². The van der Waals surface area contributed by atoms with Crippen molar-refractivity contribution in [2.45, 2.75) is 70.2 Å². The summed E-state index contributed by atoms with van der Waals surface area (Å²) < 4.78 is 6.44. The first kappa shape index (κ1) is 17.1. The van der Waals surface area contributed by atoms with E-state index in [1.54, 1.807) is 6.08 Å². The molecule has 1 spiro atoms. The lowest BCUT2D eigenvalue weighted by molar-refractivity contribution is -0.199. The monoisotopic (exact) mass is 360 g/mol. The molecular weight excluding hydrogens is 332 g/mol. The normalized spacial score (nSPS) is 52.1. The molecule has 1 heterocycles. The molecule has 4 aliphatic carbocycles. The zero-order valence-electron chi connectivity index (χ0n) is 15.4. The third kappa shape index (κ3) is 1.78. The van der Waals surface area contributed by atoms with Crippen molar-refractivity contribution in [1.29, 1.82) is 0 Å². The van der Waals surface area contributed by atoms with Crippen LogP contribution >= 0.6 is 0 Å². The van der Waals surface area contributed by atoms with Crippen molar-refractivity contribution in [2.24, 2.45) is 28.6 Å². The summed E-state index contributed by atoms with van der Waals surface area (Å²) in [6, 6.07) is 0. The average Bonchev–Trinajstić information content (AvgIpc) is 3.05. The third-order valence-corrected chi connectivity index (χ3v) is 8.93. The van der Waals surface area contributed by atoms with E-state index < -0.39 is 11.7 Å². The van der Waals surface area contributed by atoms with E-state index in [1.807, 2.05) is 0 Å². The molecule has 3 saturated carbocycles. The summed E-state index contributed by atoms with van der Waals surface area (Å²) in [5.41, 5.74) is 0.165. The molecule has 7 atom stereocenters. The Labute approximate surface area is 153 Å². The van der Waals surface area contributed by atoms with Gasteiger partial charge in [0.15, 0.2) is 17.9 Å². The Bertz CT molecular complexity index is 713. The smallest absolute Gasteiger partial charge is 0.165 e. The molecule has 1 saturated heterocycles. The Morgan fingerprint density at radius 3 is 2.77 bits per heavy atom. The Morgan fingerprint density at radius 1 is 1.19 bits per heavy atom. The molecular formula is C21H28O5. The van der Waals surface area contributed by atoms with Crippen LogP contribution in [0.5, 0.6) is 0 Å². The molecule has 26 heavy (non-hydrogen) atoms. The number of carbonyl (C=O) groups excluding carboxylic acids is 2. The van der Waals surface area contributed by atoms with Gasteiger partial charge in [-0.25, -0.2) is 0 Å². The SMILES string of the molecule is C[C@@]12CC[C@@H]3[C@]4(CCC5=CC(=O)CC[C@]53[C@H](O)O4)[C@H]1CC[C@H]2C(=O)CO. The highest BCUT2D eigenvalue weighted by atomic mass is 16.6.